The highest BCUT2D eigenvalue weighted by Crippen LogP contribution is 2.32. The molecule has 0 aliphatic heterocycles. The van der Waals surface area contributed by atoms with Gasteiger partial charge in [-0.2, -0.15) is 0 Å². The summed E-state index contributed by atoms with van der Waals surface area (Å²) in [6.07, 6.45) is 0. The average Bonchev–Trinajstić information content (AvgIpc) is 2.49. The Bertz CT molecular complexity index is 629. The van der Waals surface area contributed by atoms with Crippen molar-refractivity contribution >= 4 is 5.82 Å². The smallest absolute Gasteiger partial charge is 0.165 e. The van der Waals surface area contributed by atoms with Gasteiger partial charge in [0.1, 0.15) is 17.3 Å². The van der Waals surface area contributed by atoms with Gasteiger partial charge in [0.15, 0.2) is 5.82 Å². The van der Waals surface area contributed by atoms with E-state index in [0.717, 1.165) is 16.8 Å². The molecule has 1 heterocycles. The third-order valence-electron chi connectivity index (χ3n) is 3.18. The number of nitrogens with zero attached hydrogens (tertiary/aromatic N) is 2. The molecule has 0 aliphatic carbocycles. The second-order valence-corrected chi connectivity index (χ2v) is 4.32. The first-order valence-corrected chi connectivity index (χ1v) is 6.15. The molecule has 0 saturated heterocycles. The van der Waals surface area contributed by atoms with Crippen molar-refractivity contribution in [3.63, 3.8) is 0 Å². The maximum absolute atomic E-state index is 5.49. The first-order valence-electron chi connectivity index (χ1n) is 6.15. The maximum Gasteiger partial charge on any atom is 0.165 e. The molecule has 106 valence electrons. The number of anilines is 1. The molecule has 0 fully saturated rings. The Labute approximate surface area is 117 Å². The van der Waals surface area contributed by atoms with Gasteiger partial charge in [-0.15, -0.1) is 0 Å². The van der Waals surface area contributed by atoms with Crippen LogP contribution in [0.15, 0.2) is 18.2 Å². The molecule has 0 amide bonds. The number of ether oxygens (including phenoxy) is 2. The summed E-state index contributed by atoms with van der Waals surface area (Å²) >= 11 is 0. The van der Waals surface area contributed by atoms with E-state index in [1.54, 1.807) is 20.3 Å². The molecule has 1 aromatic heterocycles. The fraction of sp³-hybridized carbons (Fsp3) is 0.286. The predicted molar refractivity (Wildman–Crippen MR) is 77.9 cm³/mol. The molecule has 0 spiro atoms. The zero-order valence-electron chi connectivity index (χ0n) is 12.0. The molecule has 0 aliphatic rings. The van der Waals surface area contributed by atoms with Gasteiger partial charge in [0, 0.05) is 17.3 Å². The number of rotatable bonds is 4. The Morgan fingerprint density at radius 3 is 2.45 bits per heavy atom. The summed E-state index contributed by atoms with van der Waals surface area (Å²) in [4.78, 5) is 8.91. The van der Waals surface area contributed by atoms with Crippen LogP contribution in [0.3, 0.4) is 0 Å². The molecular weight excluding hydrogens is 256 g/mol. The highest BCUT2D eigenvalue weighted by atomic mass is 16.5. The van der Waals surface area contributed by atoms with Crippen LogP contribution in [0.1, 0.15) is 11.3 Å². The van der Waals surface area contributed by atoms with Crippen LogP contribution in [0, 0.1) is 13.8 Å². The van der Waals surface area contributed by atoms with Gasteiger partial charge in [-0.25, -0.2) is 15.8 Å². The van der Waals surface area contributed by atoms with E-state index in [1.807, 2.05) is 26.0 Å². The standard InChI is InChI=1S/C14H18N4O2/c1-8-9(2)16-14(17-13(8)18-15)11-6-5-10(19-3)7-12(11)20-4/h5-7H,15H2,1-4H3,(H,16,17,18). The Morgan fingerprint density at radius 1 is 1.10 bits per heavy atom. The molecule has 6 nitrogen and oxygen atoms in total. The van der Waals surface area contributed by atoms with E-state index >= 15 is 0 Å². The zero-order valence-corrected chi connectivity index (χ0v) is 12.0. The summed E-state index contributed by atoms with van der Waals surface area (Å²) < 4.78 is 10.6. The van der Waals surface area contributed by atoms with E-state index in [-0.39, 0.29) is 0 Å². The lowest BCUT2D eigenvalue weighted by Crippen LogP contribution is -2.12. The summed E-state index contributed by atoms with van der Waals surface area (Å²) in [5.74, 6) is 8.01. The van der Waals surface area contributed by atoms with Crippen LogP contribution in [0.4, 0.5) is 5.82 Å². The first kappa shape index (κ1) is 14.1. The number of nitrogens with one attached hydrogen (secondary N) is 1. The molecule has 6 heteroatoms. The van der Waals surface area contributed by atoms with E-state index in [0.29, 0.717) is 23.1 Å². The van der Waals surface area contributed by atoms with E-state index in [4.69, 9.17) is 15.3 Å². The van der Waals surface area contributed by atoms with Crippen molar-refractivity contribution in [2.24, 2.45) is 5.84 Å². The summed E-state index contributed by atoms with van der Waals surface area (Å²) in [6.45, 7) is 3.83. The molecule has 3 N–H and O–H groups in total. The topological polar surface area (TPSA) is 82.3 Å². The lowest BCUT2D eigenvalue weighted by atomic mass is 10.1. The van der Waals surface area contributed by atoms with Crippen LogP contribution >= 0.6 is 0 Å². The second-order valence-electron chi connectivity index (χ2n) is 4.32. The van der Waals surface area contributed by atoms with Crippen molar-refractivity contribution in [2.75, 3.05) is 19.6 Å². The van der Waals surface area contributed by atoms with Crippen molar-refractivity contribution in [2.45, 2.75) is 13.8 Å². The number of aryl methyl sites for hydroxylation is 1. The highest BCUT2D eigenvalue weighted by Gasteiger charge is 2.13. The van der Waals surface area contributed by atoms with Crippen LogP contribution in [0.25, 0.3) is 11.4 Å². The zero-order chi connectivity index (χ0) is 14.7. The monoisotopic (exact) mass is 274 g/mol. The molecular formula is C14H18N4O2. The number of nitrogens with two attached hydrogens (primary N) is 1. The number of hydrogen-bond acceptors (Lipinski definition) is 6. The van der Waals surface area contributed by atoms with Gasteiger partial charge in [-0.1, -0.05) is 0 Å². The van der Waals surface area contributed by atoms with Gasteiger partial charge in [-0.3, -0.25) is 0 Å². The maximum atomic E-state index is 5.49. The molecule has 0 bridgehead atoms. The Hall–Kier alpha value is -2.34. The minimum absolute atomic E-state index is 0.556. The Balaban J connectivity index is 2.59. The quantitative estimate of drug-likeness (QED) is 0.656. The fourth-order valence-electron chi connectivity index (χ4n) is 1.87. The van der Waals surface area contributed by atoms with Gasteiger partial charge >= 0.3 is 0 Å². The van der Waals surface area contributed by atoms with E-state index in [1.165, 1.54) is 0 Å². The minimum Gasteiger partial charge on any atom is -0.497 e. The van der Waals surface area contributed by atoms with Gasteiger partial charge in [-0.05, 0) is 26.0 Å². The fourth-order valence-corrected chi connectivity index (χ4v) is 1.87. The summed E-state index contributed by atoms with van der Waals surface area (Å²) in [7, 11) is 3.21. The van der Waals surface area contributed by atoms with Crippen molar-refractivity contribution in [1.82, 2.24) is 9.97 Å². The SMILES string of the molecule is COc1ccc(-c2nc(C)c(C)c(NN)n2)c(OC)c1. The van der Waals surface area contributed by atoms with E-state index in [9.17, 15) is 0 Å². The molecule has 1 aromatic carbocycles. The molecule has 2 aromatic rings. The number of hydrazine groups is 1. The van der Waals surface area contributed by atoms with Crippen molar-refractivity contribution in [1.29, 1.82) is 0 Å². The van der Waals surface area contributed by atoms with Crippen LogP contribution in [0.2, 0.25) is 0 Å². The average molecular weight is 274 g/mol. The van der Waals surface area contributed by atoms with Crippen molar-refractivity contribution in [3.05, 3.63) is 29.5 Å². The molecule has 0 radical (unpaired) electrons. The molecule has 0 unspecified atom stereocenters. The summed E-state index contributed by atoms with van der Waals surface area (Å²) in [5, 5.41) is 0. The first-order chi connectivity index (χ1) is 9.60. The normalized spacial score (nSPS) is 10.2. The second kappa shape index (κ2) is 5.75. The predicted octanol–water partition coefficient (Wildman–Crippen LogP) is 2.06. The summed E-state index contributed by atoms with van der Waals surface area (Å²) in [5.41, 5.74) is 5.16. The van der Waals surface area contributed by atoms with E-state index in [2.05, 4.69) is 15.4 Å². The third kappa shape index (κ3) is 2.50. The number of aromatic nitrogens is 2. The third-order valence-corrected chi connectivity index (χ3v) is 3.18. The molecule has 2 rings (SSSR count). The van der Waals surface area contributed by atoms with Crippen molar-refractivity contribution in [3.8, 4) is 22.9 Å². The summed E-state index contributed by atoms with van der Waals surface area (Å²) in [6, 6.07) is 5.50. The number of hydrogen-bond donors (Lipinski definition) is 2. The van der Waals surface area contributed by atoms with E-state index < -0.39 is 0 Å². The minimum atomic E-state index is 0.556. The molecule has 0 atom stereocenters. The lowest BCUT2D eigenvalue weighted by molar-refractivity contribution is 0.395. The van der Waals surface area contributed by atoms with Crippen LogP contribution in [-0.4, -0.2) is 24.2 Å². The van der Waals surface area contributed by atoms with Crippen LogP contribution < -0.4 is 20.7 Å². The largest absolute Gasteiger partial charge is 0.497 e. The Kier molecular flexibility index (Phi) is 4.05. The number of nitrogen functional groups attached to an aromatic ring is 1. The van der Waals surface area contributed by atoms with Crippen LogP contribution in [-0.2, 0) is 0 Å². The molecule has 20 heavy (non-hydrogen) atoms. The van der Waals surface area contributed by atoms with Gasteiger partial charge < -0.3 is 14.9 Å². The van der Waals surface area contributed by atoms with Crippen LogP contribution in [0.5, 0.6) is 11.5 Å². The van der Waals surface area contributed by atoms with Crippen molar-refractivity contribution < 1.29 is 9.47 Å². The Morgan fingerprint density at radius 2 is 1.85 bits per heavy atom. The van der Waals surface area contributed by atoms with Gasteiger partial charge in [0.2, 0.25) is 0 Å². The molecule has 0 saturated carbocycles. The van der Waals surface area contributed by atoms with Gasteiger partial charge in [0.25, 0.3) is 0 Å². The highest BCUT2D eigenvalue weighted by molar-refractivity contribution is 5.67. The lowest BCUT2D eigenvalue weighted by Gasteiger charge is -2.12. The number of benzene rings is 1. The van der Waals surface area contributed by atoms with Gasteiger partial charge in [0.05, 0.1) is 19.8 Å². The number of methoxy groups -OCH3 is 2.